The summed E-state index contributed by atoms with van der Waals surface area (Å²) in [7, 11) is 1.90. The van der Waals surface area contributed by atoms with Gasteiger partial charge in [0.1, 0.15) is 0 Å². The highest BCUT2D eigenvalue weighted by molar-refractivity contribution is 6.31. The highest BCUT2D eigenvalue weighted by Crippen LogP contribution is 2.21. The molecular weight excluding hydrogens is 248 g/mol. The van der Waals surface area contributed by atoms with Gasteiger partial charge in [-0.15, -0.1) is 0 Å². The van der Waals surface area contributed by atoms with Crippen LogP contribution in [0.1, 0.15) is 17.0 Å². The van der Waals surface area contributed by atoms with Gasteiger partial charge in [0.15, 0.2) is 0 Å². The van der Waals surface area contributed by atoms with Crippen molar-refractivity contribution in [2.24, 2.45) is 12.8 Å². The van der Waals surface area contributed by atoms with Crippen molar-refractivity contribution in [3.63, 3.8) is 0 Å². The van der Waals surface area contributed by atoms with E-state index in [0.717, 1.165) is 29.3 Å². The quantitative estimate of drug-likeness (QED) is 0.918. The third-order valence-electron chi connectivity index (χ3n) is 2.96. The number of pyridine rings is 1. The predicted molar refractivity (Wildman–Crippen MR) is 72.6 cm³/mol. The monoisotopic (exact) mass is 264 g/mol. The Morgan fingerprint density at radius 2 is 2.00 bits per heavy atom. The zero-order valence-corrected chi connectivity index (χ0v) is 11.4. The van der Waals surface area contributed by atoms with E-state index in [1.165, 1.54) is 5.56 Å². The second-order valence-corrected chi connectivity index (χ2v) is 4.87. The van der Waals surface area contributed by atoms with Crippen LogP contribution in [0.5, 0.6) is 0 Å². The summed E-state index contributed by atoms with van der Waals surface area (Å²) in [4.78, 5) is 3.99. The van der Waals surface area contributed by atoms with Crippen LogP contribution in [0, 0.1) is 6.92 Å². The van der Waals surface area contributed by atoms with Gasteiger partial charge in [-0.1, -0.05) is 11.6 Å². The topological polar surface area (TPSA) is 56.7 Å². The molecule has 0 fully saturated rings. The number of aryl methyl sites for hydroxylation is 2. The molecule has 4 nitrogen and oxygen atoms in total. The Morgan fingerprint density at radius 3 is 2.56 bits per heavy atom. The maximum Gasteiger partial charge on any atom is 0.0847 e. The van der Waals surface area contributed by atoms with Gasteiger partial charge in [0, 0.05) is 31.9 Å². The number of nitrogens with two attached hydrogens (primary N) is 1. The van der Waals surface area contributed by atoms with Crippen molar-refractivity contribution in [1.29, 1.82) is 0 Å². The average molecular weight is 265 g/mol. The highest BCUT2D eigenvalue weighted by atomic mass is 35.5. The van der Waals surface area contributed by atoms with Gasteiger partial charge in [-0.05, 0) is 31.0 Å². The molecule has 0 saturated carbocycles. The molecule has 2 aromatic heterocycles. The molecule has 96 valence electrons. The number of hydrogen-bond acceptors (Lipinski definition) is 3. The van der Waals surface area contributed by atoms with E-state index in [2.05, 4.69) is 10.1 Å². The van der Waals surface area contributed by atoms with Gasteiger partial charge in [0.05, 0.1) is 16.4 Å². The van der Waals surface area contributed by atoms with Crippen molar-refractivity contribution >= 4 is 11.6 Å². The van der Waals surface area contributed by atoms with Crippen LogP contribution in [0.3, 0.4) is 0 Å². The number of halogens is 1. The summed E-state index contributed by atoms with van der Waals surface area (Å²) in [6.07, 6.45) is 5.09. The lowest BCUT2D eigenvalue weighted by molar-refractivity contribution is 0.612. The molecule has 0 radical (unpaired) electrons. The van der Waals surface area contributed by atoms with Crippen LogP contribution in [-0.4, -0.2) is 20.8 Å². The summed E-state index contributed by atoms with van der Waals surface area (Å²) in [5, 5.41) is 5.01. The first kappa shape index (κ1) is 13.1. The number of hydrogen-bond donors (Lipinski definition) is 1. The second-order valence-electron chi connectivity index (χ2n) is 4.49. The van der Waals surface area contributed by atoms with Crippen LogP contribution in [-0.2, 0) is 19.9 Å². The molecule has 0 aliphatic rings. The number of nitrogens with zero attached hydrogens (tertiary/aromatic N) is 3. The average Bonchev–Trinajstić information content (AvgIpc) is 2.57. The van der Waals surface area contributed by atoms with E-state index in [-0.39, 0.29) is 6.04 Å². The molecule has 0 bridgehead atoms. The van der Waals surface area contributed by atoms with Crippen LogP contribution in [0.15, 0.2) is 24.5 Å². The fourth-order valence-electron chi connectivity index (χ4n) is 2.04. The van der Waals surface area contributed by atoms with Crippen molar-refractivity contribution in [1.82, 2.24) is 14.8 Å². The molecule has 0 saturated heterocycles. The highest BCUT2D eigenvalue weighted by Gasteiger charge is 2.14. The molecule has 2 aromatic rings. The third kappa shape index (κ3) is 2.89. The first-order valence-electron chi connectivity index (χ1n) is 5.90. The van der Waals surface area contributed by atoms with E-state index in [1.807, 2.05) is 30.8 Å². The van der Waals surface area contributed by atoms with E-state index >= 15 is 0 Å². The van der Waals surface area contributed by atoms with E-state index in [1.54, 1.807) is 12.4 Å². The largest absolute Gasteiger partial charge is 0.327 e. The van der Waals surface area contributed by atoms with Crippen molar-refractivity contribution < 1.29 is 0 Å². The Kier molecular flexibility index (Phi) is 3.99. The molecule has 0 spiro atoms. The standard InChI is InChI=1S/C13H17ClN4/c1-9-13(14)12(18(2)17-9)8-11(15)7-10-3-5-16-6-4-10/h3-6,11H,7-8,15H2,1-2H3. The summed E-state index contributed by atoms with van der Waals surface area (Å²) >= 11 is 6.21. The van der Waals surface area contributed by atoms with Gasteiger partial charge in [0.25, 0.3) is 0 Å². The minimum absolute atomic E-state index is 0.0275. The van der Waals surface area contributed by atoms with Crippen LogP contribution < -0.4 is 5.73 Å². The SMILES string of the molecule is Cc1nn(C)c(CC(N)Cc2ccncc2)c1Cl. The van der Waals surface area contributed by atoms with Crippen LogP contribution in [0.2, 0.25) is 5.02 Å². The minimum atomic E-state index is 0.0275. The molecule has 1 atom stereocenters. The van der Waals surface area contributed by atoms with Gasteiger partial charge >= 0.3 is 0 Å². The molecule has 2 N–H and O–H groups in total. The van der Waals surface area contributed by atoms with Crippen molar-refractivity contribution in [2.75, 3.05) is 0 Å². The summed E-state index contributed by atoms with van der Waals surface area (Å²) in [6, 6.07) is 3.99. The van der Waals surface area contributed by atoms with E-state index in [0.29, 0.717) is 0 Å². The van der Waals surface area contributed by atoms with Crippen LogP contribution in [0.4, 0.5) is 0 Å². The molecule has 0 aromatic carbocycles. The number of rotatable bonds is 4. The Bertz CT molecular complexity index is 521. The minimum Gasteiger partial charge on any atom is -0.327 e. The van der Waals surface area contributed by atoms with Crippen LogP contribution in [0.25, 0.3) is 0 Å². The van der Waals surface area contributed by atoms with Crippen molar-refractivity contribution in [3.8, 4) is 0 Å². The van der Waals surface area contributed by atoms with Crippen molar-refractivity contribution in [3.05, 3.63) is 46.5 Å². The van der Waals surface area contributed by atoms with Gasteiger partial charge in [-0.25, -0.2) is 0 Å². The molecule has 2 rings (SSSR count). The fourth-order valence-corrected chi connectivity index (χ4v) is 2.28. The smallest absolute Gasteiger partial charge is 0.0847 e. The summed E-state index contributed by atoms with van der Waals surface area (Å²) in [6.45, 7) is 1.90. The Labute approximate surface area is 112 Å². The summed E-state index contributed by atoms with van der Waals surface area (Å²) in [5.74, 6) is 0. The molecule has 2 heterocycles. The normalized spacial score (nSPS) is 12.7. The van der Waals surface area contributed by atoms with E-state index in [9.17, 15) is 0 Å². The summed E-state index contributed by atoms with van der Waals surface area (Å²) in [5.41, 5.74) is 9.20. The maximum absolute atomic E-state index is 6.21. The molecular formula is C13H17ClN4. The molecule has 18 heavy (non-hydrogen) atoms. The Balaban J connectivity index is 2.05. The van der Waals surface area contributed by atoms with Crippen molar-refractivity contribution in [2.45, 2.75) is 25.8 Å². The zero-order chi connectivity index (χ0) is 13.1. The first-order chi connectivity index (χ1) is 8.58. The van der Waals surface area contributed by atoms with E-state index in [4.69, 9.17) is 17.3 Å². The third-order valence-corrected chi connectivity index (χ3v) is 3.46. The van der Waals surface area contributed by atoms with E-state index < -0.39 is 0 Å². The lowest BCUT2D eigenvalue weighted by atomic mass is 10.0. The maximum atomic E-state index is 6.21. The van der Waals surface area contributed by atoms with Crippen LogP contribution >= 0.6 is 11.6 Å². The lowest BCUT2D eigenvalue weighted by Gasteiger charge is -2.12. The molecule has 1 unspecified atom stereocenters. The molecule has 5 heteroatoms. The van der Waals surface area contributed by atoms with Gasteiger partial charge < -0.3 is 5.73 Å². The van der Waals surface area contributed by atoms with Gasteiger partial charge in [0.2, 0.25) is 0 Å². The van der Waals surface area contributed by atoms with Gasteiger partial charge in [-0.2, -0.15) is 5.10 Å². The Hall–Kier alpha value is -1.39. The molecule has 0 aliphatic heterocycles. The predicted octanol–water partition coefficient (Wildman–Crippen LogP) is 1.89. The molecule has 0 amide bonds. The van der Waals surface area contributed by atoms with Gasteiger partial charge in [-0.3, -0.25) is 9.67 Å². The zero-order valence-electron chi connectivity index (χ0n) is 10.6. The Morgan fingerprint density at radius 1 is 1.33 bits per heavy atom. The lowest BCUT2D eigenvalue weighted by Crippen LogP contribution is -2.26. The second kappa shape index (κ2) is 5.50. The number of aromatic nitrogens is 3. The first-order valence-corrected chi connectivity index (χ1v) is 6.28. The molecule has 0 aliphatic carbocycles. The summed E-state index contributed by atoms with van der Waals surface area (Å²) < 4.78 is 1.81. The fraction of sp³-hybridized carbons (Fsp3) is 0.385.